The number of hydrogen-bond acceptors (Lipinski definition) is 4. The number of benzene rings is 1. The molecule has 0 radical (unpaired) electrons. The zero-order valence-corrected chi connectivity index (χ0v) is 11.1. The molecule has 1 fully saturated rings. The monoisotopic (exact) mass is 264 g/mol. The molecule has 5 nitrogen and oxygen atoms in total. The van der Waals surface area contributed by atoms with E-state index in [-0.39, 0.29) is 12.1 Å². The minimum Gasteiger partial charge on any atom is -0.497 e. The second-order valence-electron chi connectivity index (χ2n) is 4.75. The zero-order chi connectivity index (χ0) is 13.7. The molecule has 3 N–H and O–H groups in total. The van der Waals surface area contributed by atoms with Gasteiger partial charge in [0.25, 0.3) is 0 Å². The van der Waals surface area contributed by atoms with Gasteiger partial charge in [-0.15, -0.1) is 0 Å². The minimum atomic E-state index is -0.462. The molecule has 0 spiro atoms. The minimum absolute atomic E-state index is 0.0511. The van der Waals surface area contributed by atoms with Crippen molar-refractivity contribution in [1.82, 2.24) is 0 Å². The largest absolute Gasteiger partial charge is 0.497 e. The van der Waals surface area contributed by atoms with E-state index in [9.17, 15) is 4.79 Å². The Hall–Kier alpha value is -1.75. The molecule has 1 aromatic carbocycles. The molecule has 0 aromatic heterocycles. The molecule has 1 aliphatic carbocycles. The molecule has 104 valence electrons. The molecular weight excluding hydrogens is 244 g/mol. The summed E-state index contributed by atoms with van der Waals surface area (Å²) in [6.07, 6.45) is 3.28. The Morgan fingerprint density at radius 2 is 2.16 bits per heavy atom. The normalized spacial score (nSPS) is 22.6. The summed E-state index contributed by atoms with van der Waals surface area (Å²) < 4.78 is 10.5. The van der Waals surface area contributed by atoms with Crippen LogP contribution in [0.3, 0.4) is 0 Å². The number of methoxy groups -OCH3 is 1. The average Bonchev–Trinajstić information content (AvgIpc) is 2.41. The van der Waals surface area contributed by atoms with Gasteiger partial charge in [-0.3, -0.25) is 5.32 Å². The van der Waals surface area contributed by atoms with E-state index in [2.05, 4.69) is 5.32 Å². The Bertz CT molecular complexity index is 436. The predicted molar refractivity (Wildman–Crippen MR) is 73.3 cm³/mol. The van der Waals surface area contributed by atoms with Gasteiger partial charge in [-0.2, -0.15) is 0 Å². The lowest BCUT2D eigenvalue weighted by Gasteiger charge is -2.28. The molecule has 0 saturated heterocycles. The van der Waals surface area contributed by atoms with Gasteiger partial charge in [0.2, 0.25) is 0 Å². The highest BCUT2D eigenvalue weighted by Crippen LogP contribution is 2.21. The molecule has 1 amide bonds. The van der Waals surface area contributed by atoms with E-state index in [4.69, 9.17) is 15.2 Å². The Morgan fingerprint density at radius 1 is 1.37 bits per heavy atom. The number of rotatable bonds is 3. The Labute approximate surface area is 113 Å². The van der Waals surface area contributed by atoms with Crippen molar-refractivity contribution >= 4 is 11.8 Å². The van der Waals surface area contributed by atoms with E-state index < -0.39 is 6.09 Å². The first kappa shape index (κ1) is 13.7. The summed E-state index contributed by atoms with van der Waals surface area (Å²) in [5.41, 5.74) is 6.59. The van der Waals surface area contributed by atoms with Gasteiger partial charge in [0, 0.05) is 17.8 Å². The van der Waals surface area contributed by atoms with Crippen molar-refractivity contribution in [3.05, 3.63) is 24.3 Å². The summed E-state index contributed by atoms with van der Waals surface area (Å²) in [6.45, 7) is 0. The second kappa shape index (κ2) is 6.43. The van der Waals surface area contributed by atoms with Crippen LogP contribution in [0.1, 0.15) is 25.7 Å². The standard InChI is InChI=1S/C14H20N2O3/c1-18-11-6-4-5-10(9-11)16-14(17)19-13-8-3-2-7-12(13)15/h4-6,9,12-13H,2-3,7-8,15H2,1H3,(H,16,17). The zero-order valence-electron chi connectivity index (χ0n) is 11.1. The maximum atomic E-state index is 11.8. The number of amides is 1. The van der Waals surface area contributed by atoms with Gasteiger partial charge in [-0.05, 0) is 31.4 Å². The maximum Gasteiger partial charge on any atom is 0.411 e. The molecular formula is C14H20N2O3. The first-order valence-electron chi connectivity index (χ1n) is 6.56. The average molecular weight is 264 g/mol. The molecule has 2 atom stereocenters. The fourth-order valence-corrected chi connectivity index (χ4v) is 2.26. The van der Waals surface area contributed by atoms with Gasteiger partial charge < -0.3 is 15.2 Å². The van der Waals surface area contributed by atoms with E-state index in [0.717, 1.165) is 25.7 Å². The van der Waals surface area contributed by atoms with Crippen molar-refractivity contribution < 1.29 is 14.3 Å². The van der Waals surface area contributed by atoms with Crippen LogP contribution < -0.4 is 15.8 Å². The van der Waals surface area contributed by atoms with Crippen LogP contribution in [0.4, 0.5) is 10.5 Å². The molecule has 19 heavy (non-hydrogen) atoms. The summed E-state index contributed by atoms with van der Waals surface area (Å²) >= 11 is 0. The number of hydrogen-bond donors (Lipinski definition) is 2. The summed E-state index contributed by atoms with van der Waals surface area (Å²) in [4.78, 5) is 11.8. The van der Waals surface area contributed by atoms with E-state index >= 15 is 0 Å². The molecule has 1 aromatic rings. The SMILES string of the molecule is COc1cccc(NC(=O)OC2CCCCC2N)c1. The lowest BCUT2D eigenvalue weighted by Crippen LogP contribution is -2.41. The molecule has 1 aliphatic rings. The fraction of sp³-hybridized carbons (Fsp3) is 0.500. The highest BCUT2D eigenvalue weighted by molar-refractivity contribution is 5.85. The van der Waals surface area contributed by atoms with Gasteiger partial charge in [0.1, 0.15) is 11.9 Å². The van der Waals surface area contributed by atoms with Crippen LogP contribution in [0.15, 0.2) is 24.3 Å². The number of nitrogens with one attached hydrogen (secondary N) is 1. The van der Waals surface area contributed by atoms with Crippen LogP contribution in [0.2, 0.25) is 0 Å². The van der Waals surface area contributed by atoms with Crippen molar-refractivity contribution in [1.29, 1.82) is 0 Å². The second-order valence-corrected chi connectivity index (χ2v) is 4.75. The number of carbonyl (C=O) groups is 1. The van der Waals surface area contributed by atoms with Gasteiger partial charge in [-0.1, -0.05) is 12.5 Å². The number of ether oxygens (including phenoxy) is 2. The summed E-state index contributed by atoms with van der Waals surface area (Å²) in [7, 11) is 1.58. The van der Waals surface area contributed by atoms with Crippen LogP contribution in [0.25, 0.3) is 0 Å². The maximum absolute atomic E-state index is 11.8. The quantitative estimate of drug-likeness (QED) is 0.879. The van der Waals surface area contributed by atoms with Crippen LogP contribution in [0, 0.1) is 0 Å². The number of nitrogens with two attached hydrogens (primary N) is 1. The summed E-state index contributed by atoms with van der Waals surface area (Å²) in [5, 5.41) is 2.69. The van der Waals surface area contributed by atoms with Gasteiger partial charge >= 0.3 is 6.09 Å². The van der Waals surface area contributed by atoms with Crippen molar-refractivity contribution in [2.45, 2.75) is 37.8 Å². The smallest absolute Gasteiger partial charge is 0.411 e. The van der Waals surface area contributed by atoms with Crippen LogP contribution in [-0.4, -0.2) is 25.3 Å². The van der Waals surface area contributed by atoms with E-state index in [1.807, 2.05) is 6.07 Å². The van der Waals surface area contributed by atoms with Crippen LogP contribution in [-0.2, 0) is 4.74 Å². The molecule has 0 heterocycles. The van der Waals surface area contributed by atoms with Crippen LogP contribution >= 0.6 is 0 Å². The fourth-order valence-electron chi connectivity index (χ4n) is 2.26. The lowest BCUT2D eigenvalue weighted by atomic mass is 9.93. The molecule has 5 heteroatoms. The third kappa shape index (κ3) is 3.86. The van der Waals surface area contributed by atoms with Crippen molar-refractivity contribution in [3.63, 3.8) is 0 Å². The number of carbonyl (C=O) groups excluding carboxylic acids is 1. The van der Waals surface area contributed by atoms with E-state index in [1.165, 1.54) is 0 Å². The van der Waals surface area contributed by atoms with Crippen molar-refractivity contribution in [2.24, 2.45) is 5.73 Å². The van der Waals surface area contributed by atoms with Gasteiger partial charge in [0.15, 0.2) is 0 Å². The predicted octanol–water partition coefficient (Wildman–Crippen LogP) is 2.51. The van der Waals surface area contributed by atoms with Crippen molar-refractivity contribution in [3.8, 4) is 5.75 Å². The van der Waals surface area contributed by atoms with E-state index in [1.54, 1.807) is 25.3 Å². The third-order valence-corrected chi connectivity index (χ3v) is 3.33. The molecule has 0 aliphatic heterocycles. The topological polar surface area (TPSA) is 73.6 Å². The van der Waals surface area contributed by atoms with Crippen LogP contribution in [0.5, 0.6) is 5.75 Å². The van der Waals surface area contributed by atoms with Crippen molar-refractivity contribution in [2.75, 3.05) is 12.4 Å². The number of anilines is 1. The first-order chi connectivity index (χ1) is 9.19. The highest BCUT2D eigenvalue weighted by atomic mass is 16.6. The highest BCUT2D eigenvalue weighted by Gasteiger charge is 2.25. The Morgan fingerprint density at radius 3 is 2.89 bits per heavy atom. The Kier molecular flexibility index (Phi) is 4.63. The summed E-state index contributed by atoms with van der Waals surface area (Å²) in [6, 6.07) is 7.09. The lowest BCUT2D eigenvalue weighted by molar-refractivity contribution is 0.0728. The van der Waals surface area contributed by atoms with Gasteiger partial charge in [-0.25, -0.2) is 4.79 Å². The molecule has 2 unspecified atom stereocenters. The summed E-state index contributed by atoms with van der Waals surface area (Å²) in [5.74, 6) is 0.687. The van der Waals surface area contributed by atoms with E-state index in [0.29, 0.717) is 11.4 Å². The van der Waals surface area contributed by atoms with Gasteiger partial charge in [0.05, 0.1) is 7.11 Å². The molecule has 1 saturated carbocycles. The molecule has 2 rings (SSSR count). The Balaban J connectivity index is 1.89. The molecule has 0 bridgehead atoms. The third-order valence-electron chi connectivity index (χ3n) is 3.33. The first-order valence-corrected chi connectivity index (χ1v) is 6.56.